The lowest BCUT2D eigenvalue weighted by Gasteiger charge is -2.10. The summed E-state index contributed by atoms with van der Waals surface area (Å²) in [5.41, 5.74) is 3.59. The van der Waals surface area contributed by atoms with Gasteiger partial charge in [-0.05, 0) is 74.5 Å². The van der Waals surface area contributed by atoms with Crippen molar-refractivity contribution in [2.45, 2.75) is 13.8 Å². The number of ether oxygens (including phenoxy) is 1. The van der Waals surface area contributed by atoms with E-state index in [-0.39, 0.29) is 5.82 Å². The average Bonchev–Trinajstić information content (AvgIpc) is 2.88. The molecular weight excluding hydrogens is 293 g/mol. The summed E-state index contributed by atoms with van der Waals surface area (Å²) >= 11 is 0. The second-order valence-corrected chi connectivity index (χ2v) is 5.34. The van der Waals surface area contributed by atoms with Gasteiger partial charge >= 0.3 is 5.97 Å². The van der Waals surface area contributed by atoms with Gasteiger partial charge in [0.25, 0.3) is 0 Å². The van der Waals surface area contributed by atoms with E-state index in [1.54, 1.807) is 12.1 Å². The summed E-state index contributed by atoms with van der Waals surface area (Å²) < 4.78 is 20.3. The largest absolute Gasteiger partial charge is 0.423 e. The molecule has 3 rings (SSSR count). The first kappa shape index (κ1) is 15.0. The van der Waals surface area contributed by atoms with Crippen LogP contribution in [0.2, 0.25) is 0 Å². The van der Waals surface area contributed by atoms with E-state index >= 15 is 0 Å². The maximum absolute atomic E-state index is 12.9. The molecule has 0 saturated carbocycles. The van der Waals surface area contributed by atoms with Crippen molar-refractivity contribution in [1.82, 2.24) is 4.57 Å². The monoisotopic (exact) mass is 309 g/mol. The Hall–Kier alpha value is -2.88. The fourth-order valence-electron chi connectivity index (χ4n) is 2.49. The van der Waals surface area contributed by atoms with Gasteiger partial charge in [0.05, 0.1) is 5.56 Å². The van der Waals surface area contributed by atoms with Crippen LogP contribution in [-0.4, -0.2) is 10.5 Å². The Morgan fingerprint density at radius 1 is 0.870 bits per heavy atom. The maximum atomic E-state index is 12.9. The minimum atomic E-state index is -0.508. The third-order valence-corrected chi connectivity index (χ3v) is 3.66. The normalized spacial score (nSPS) is 10.6. The van der Waals surface area contributed by atoms with Crippen molar-refractivity contribution in [2.75, 3.05) is 0 Å². The fraction of sp³-hybridized carbons (Fsp3) is 0.105. The number of aromatic nitrogens is 1. The van der Waals surface area contributed by atoms with E-state index in [0.29, 0.717) is 11.3 Å². The molecule has 0 aliphatic carbocycles. The minimum Gasteiger partial charge on any atom is -0.423 e. The van der Waals surface area contributed by atoms with Crippen molar-refractivity contribution >= 4 is 5.97 Å². The van der Waals surface area contributed by atoms with Crippen LogP contribution in [0.1, 0.15) is 21.7 Å². The molecule has 0 aliphatic heterocycles. The van der Waals surface area contributed by atoms with Gasteiger partial charge in [-0.1, -0.05) is 0 Å². The Labute approximate surface area is 134 Å². The van der Waals surface area contributed by atoms with Crippen LogP contribution in [0.15, 0.2) is 60.7 Å². The SMILES string of the molecule is Cc1ccc(C)n1-c1ccc(OC(=O)c2ccc(F)cc2)cc1. The van der Waals surface area contributed by atoms with E-state index < -0.39 is 5.97 Å². The summed E-state index contributed by atoms with van der Waals surface area (Å²) in [4.78, 5) is 12.0. The topological polar surface area (TPSA) is 31.2 Å². The van der Waals surface area contributed by atoms with Crippen molar-refractivity contribution in [3.05, 3.63) is 83.4 Å². The standard InChI is InChI=1S/C19H16FNO2/c1-13-3-4-14(2)21(13)17-9-11-18(12-10-17)23-19(22)15-5-7-16(20)8-6-15/h3-12H,1-2H3. The molecule has 2 aromatic carbocycles. The van der Waals surface area contributed by atoms with E-state index in [0.717, 1.165) is 17.1 Å². The molecule has 0 fully saturated rings. The first-order valence-corrected chi connectivity index (χ1v) is 7.28. The van der Waals surface area contributed by atoms with Gasteiger partial charge in [0.15, 0.2) is 0 Å². The van der Waals surface area contributed by atoms with E-state index in [9.17, 15) is 9.18 Å². The summed E-state index contributed by atoms with van der Waals surface area (Å²) in [7, 11) is 0. The third kappa shape index (κ3) is 3.16. The smallest absolute Gasteiger partial charge is 0.343 e. The minimum absolute atomic E-state index is 0.313. The van der Waals surface area contributed by atoms with Gasteiger partial charge in [0.2, 0.25) is 0 Å². The molecule has 3 nitrogen and oxygen atoms in total. The molecule has 1 aromatic heterocycles. The van der Waals surface area contributed by atoms with Crippen molar-refractivity contribution < 1.29 is 13.9 Å². The molecule has 23 heavy (non-hydrogen) atoms. The number of benzene rings is 2. The molecule has 116 valence electrons. The lowest BCUT2D eigenvalue weighted by Crippen LogP contribution is -2.08. The van der Waals surface area contributed by atoms with Crippen LogP contribution >= 0.6 is 0 Å². The summed E-state index contributed by atoms with van der Waals surface area (Å²) in [6, 6.07) is 16.7. The predicted molar refractivity (Wildman–Crippen MR) is 86.6 cm³/mol. The summed E-state index contributed by atoms with van der Waals surface area (Å²) in [6.45, 7) is 4.07. The second kappa shape index (κ2) is 6.08. The highest BCUT2D eigenvalue weighted by molar-refractivity contribution is 5.91. The first-order chi connectivity index (χ1) is 11.0. The Morgan fingerprint density at radius 3 is 2.00 bits per heavy atom. The zero-order chi connectivity index (χ0) is 16.4. The average molecular weight is 309 g/mol. The molecular formula is C19H16FNO2. The summed E-state index contributed by atoms with van der Waals surface area (Å²) in [5.74, 6) is -0.444. The molecule has 0 atom stereocenters. The Morgan fingerprint density at radius 2 is 1.43 bits per heavy atom. The predicted octanol–water partition coefficient (Wildman–Crippen LogP) is 4.45. The van der Waals surface area contributed by atoms with Crippen molar-refractivity contribution in [1.29, 1.82) is 0 Å². The Bertz CT molecular complexity index is 813. The second-order valence-electron chi connectivity index (χ2n) is 5.34. The number of aryl methyl sites for hydroxylation is 2. The van der Waals surface area contributed by atoms with Crippen LogP contribution in [0.4, 0.5) is 4.39 Å². The van der Waals surface area contributed by atoms with Crippen LogP contribution < -0.4 is 4.74 Å². The fourth-order valence-corrected chi connectivity index (χ4v) is 2.49. The van der Waals surface area contributed by atoms with Crippen LogP contribution in [0.5, 0.6) is 5.75 Å². The third-order valence-electron chi connectivity index (χ3n) is 3.66. The van der Waals surface area contributed by atoms with E-state index in [4.69, 9.17) is 4.74 Å². The number of rotatable bonds is 3. The summed E-state index contributed by atoms with van der Waals surface area (Å²) in [5, 5.41) is 0. The van der Waals surface area contributed by atoms with Gasteiger partial charge < -0.3 is 9.30 Å². The van der Waals surface area contributed by atoms with E-state index in [1.807, 2.05) is 26.0 Å². The van der Waals surface area contributed by atoms with Crippen LogP contribution in [0, 0.1) is 19.7 Å². The molecule has 0 N–H and O–H groups in total. The highest BCUT2D eigenvalue weighted by Gasteiger charge is 2.09. The molecule has 1 heterocycles. The van der Waals surface area contributed by atoms with Gasteiger partial charge in [0.1, 0.15) is 11.6 Å². The highest BCUT2D eigenvalue weighted by Crippen LogP contribution is 2.20. The van der Waals surface area contributed by atoms with E-state index in [1.165, 1.54) is 24.3 Å². The van der Waals surface area contributed by atoms with Gasteiger partial charge in [-0.3, -0.25) is 0 Å². The van der Waals surface area contributed by atoms with Crippen LogP contribution in [-0.2, 0) is 0 Å². The number of hydrogen-bond acceptors (Lipinski definition) is 2. The zero-order valence-electron chi connectivity index (χ0n) is 12.9. The number of nitrogens with zero attached hydrogens (tertiary/aromatic N) is 1. The van der Waals surface area contributed by atoms with Crippen molar-refractivity contribution in [2.24, 2.45) is 0 Å². The molecule has 0 spiro atoms. The molecule has 0 unspecified atom stereocenters. The number of carbonyl (C=O) groups excluding carboxylic acids is 1. The van der Waals surface area contributed by atoms with Crippen LogP contribution in [0.3, 0.4) is 0 Å². The highest BCUT2D eigenvalue weighted by atomic mass is 19.1. The number of hydrogen-bond donors (Lipinski definition) is 0. The molecule has 0 radical (unpaired) electrons. The zero-order valence-corrected chi connectivity index (χ0v) is 12.9. The molecule has 0 amide bonds. The molecule has 0 bridgehead atoms. The van der Waals surface area contributed by atoms with Gasteiger partial charge in [-0.2, -0.15) is 0 Å². The number of carbonyl (C=O) groups is 1. The van der Waals surface area contributed by atoms with E-state index in [2.05, 4.69) is 16.7 Å². The van der Waals surface area contributed by atoms with Gasteiger partial charge in [0, 0.05) is 17.1 Å². The van der Waals surface area contributed by atoms with Crippen molar-refractivity contribution in [3.63, 3.8) is 0 Å². The molecule has 0 aliphatic rings. The quantitative estimate of drug-likeness (QED) is 0.528. The first-order valence-electron chi connectivity index (χ1n) is 7.28. The van der Waals surface area contributed by atoms with Gasteiger partial charge in [-0.15, -0.1) is 0 Å². The molecule has 0 saturated heterocycles. The van der Waals surface area contributed by atoms with Crippen LogP contribution in [0.25, 0.3) is 5.69 Å². The molecule has 3 aromatic rings. The van der Waals surface area contributed by atoms with Gasteiger partial charge in [-0.25, -0.2) is 9.18 Å². The molecule has 4 heteroatoms. The maximum Gasteiger partial charge on any atom is 0.343 e. The number of esters is 1. The Kier molecular flexibility index (Phi) is 3.98. The number of halogens is 1. The summed E-state index contributed by atoms with van der Waals surface area (Å²) in [6.07, 6.45) is 0. The van der Waals surface area contributed by atoms with Crippen molar-refractivity contribution in [3.8, 4) is 11.4 Å². The lowest BCUT2D eigenvalue weighted by atomic mass is 10.2. The Balaban J connectivity index is 1.78. The lowest BCUT2D eigenvalue weighted by molar-refractivity contribution is 0.0734.